The van der Waals surface area contributed by atoms with E-state index in [-0.39, 0.29) is 23.0 Å². The number of hydrogen-bond donors (Lipinski definition) is 1. The Morgan fingerprint density at radius 3 is 2.30 bits per heavy atom. The second-order valence-electron chi connectivity index (χ2n) is 5.96. The average molecular weight is 383 g/mol. The number of hydrogen-bond acceptors (Lipinski definition) is 6. The van der Waals surface area contributed by atoms with E-state index in [2.05, 4.69) is 15.0 Å². The van der Waals surface area contributed by atoms with Crippen LogP contribution in [-0.2, 0) is 6.18 Å². The Balaban J connectivity index is 2.09. The van der Waals surface area contributed by atoms with Crippen LogP contribution in [0.2, 0.25) is 0 Å². The number of rotatable bonds is 3. The number of aliphatic hydroxyl groups excluding tert-OH is 1. The highest BCUT2D eigenvalue weighted by Crippen LogP contribution is 2.39. The van der Waals surface area contributed by atoms with Gasteiger partial charge in [-0.1, -0.05) is 0 Å². The molecule has 2 atom stereocenters. The van der Waals surface area contributed by atoms with E-state index in [4.69, 9.17) is 4.74 Å². The molecule has 11 heteroatoms. The largest absolute Gasteiger partial charge is 0.467 e. The third-order valence-corrected chi connectivity index (χ3v) is 4.38. The molecule has 0 spiro atoms. The first-order chi connectivity index (χ1) is 12.6. The van der Waals surface area contributed by atoms with Crippen molar-refractivity contribution in [1.29, 1.82) is 0 Å². The summed E-state index contributed by atoms with van der Waals surface area (Å²) in [6, 6.07) is -0.494. The Labute approximate surface area is 152 Å². The van der Waals surface area contributed by atoms with Crippen LogP contribution >= 0.6 is 0 Å². The van der Waals surface area contributed by atoms with Gasteiger partial charge in [0.2, 0.25) is 0 Å². The molecule has 8 nitrogen and oxygen atoms in total. The molecule has 1 aliphatic heterocycles. The van der Waals surface area contributed by atoms with Crippen molar-refractivity contribution >= 4 is 11.8 Å². The summed E-state index contributed by atoms with van der Waals surface area (Å²) in [4.78, 5) is 25.9. The molecule has 3 rings (SSSR count). The summed E-state index contributed by atoms with van der Waals surface area (Å²) in [6.07, 6.45) is -2.69. The van der Waals surface area contributed by atoms with E-state index in [1.54, 1.807) is 6.92 Å². The number of anilines is 1. The SMILES string of the molecule is COc1ncc(-c2cnc(N3C(=O)N(C)C(C)C3O)cc2C(F)(F)F)cn1. The van der Waals surface area contributed by atoms with E-state index in [1.807, 2.05) is 0 Å². The second kappa shape index (κ2) is 6.65. The number of nitrogens with zero attached hydrogens (tertiary/aromatic N) is 5. The molecule has 2 aromatic rings. The Bertz CT molecular complexity index is 859. The molecule has 0 aliphatic carbocycles. The van der Waals surface area contributed by atoms with Gasteiger partial charge in [0, 0.05) is 36.8 Å². The van der Waals surface area contributed by atoms with Gasteiger partial charge in [-0.05, 0) is 13.0 Å². The molecular weight excluding hydrogens is 367 g/mol. The highest BCUT2D eigenvalue weighted by atomic mass is 19.4. The number of halogens is 3. The zero-order chi connectivity index (χ0) is 19.9. The van der Waals surface area contributed by atoms with Crippen LogP contribution in [-0.4, -0.2) is 57.4 Å². The average Bonchev–Trinajstić information content (AvgIpc) is 2.84. The van der Waals surface area contributed by atoms with Gasteiger partial charge in [0.25, 0.3) is 0 Å². The van der Waals surface area contributed by atoms with Crippen LogP contribution in [0, 0.1) is 0 Å². The number of methoxy groups -OCH3 is 1. The van der Waals surface area contributed by atoms with E-state index in [0.29, 0.717) is 0 Å². The third kappa shape index (κ3) is 3.25. The number of aromatic nitrogens is 3. The fourth-order valence-electron chi connectivity index (χ4n) is 2.71. The second-order valence-corrected chi connectivity index (χ2v) is 5.96. The first-order valence-electron chi connectivity index (χ1n) is 7.83. The maximum atomic E-state index is 13.6. The Morgan fingerprint density at radius 1 is 1.19 bits per heavy atom. The molecule has 27 heavy (non-hydrogen) atoms. The summed E-state index contributed by atoms with van der Waals surface area (Å²) >= 11 is 0. The van der Waals surface area contributed by atoms with Crippen molar-refractivity contribution in [1.82, 2.24) is 19.9 Å². The van der Waals surface area contributed by atoms with Crippen molar-refractivity contribution in [2.45, 2.75) is 25.4 Å². The van der Waals surface area contributed by atoms with Crippen LogP contribution in [0.5, 0.6) is 6.01 Å². The normalized spacial score (nSPS) is 20.3. The summed E-state index contributed by atoms with van der Waals surface area (Å²) < 4.78 is 45.7. The number of alkyl halides is 3. The van der Waals surface area contributed by atoms with E-state index < -0.39 is 30.0 Å². The fraction of sp³-hybridized carbons (Fsp3) is 0.375. The molecule has 144 valence electrons. The number of ether oxygens (including phenoxy) is 1. The zero-order valence-electron chi connectivity index (χ0n) is 14.6. The van der Waals surface area contributed by atoms with Crippen molar-refractivity contribution in [3.63, 3.8) is 0 Å². The zero-order valence-corrected chi connectivity index (χ0v) is 14.6. The predicted octanol–water partition coefficient (Wildman–Crippen LogP) is 2.14. The number of likely N-dealkylation sites (N-methyl/N-ethyl adjacent to an activating group) is 1. The Morgan fingerprint density at radius 2 is 1.81 bits per heavy atom. The first kappa shape index (κ1) is 18.8. The molecule has 2 amide bonds. The Kier molecular flexibility index (Phi) is 4.64. The standard InChI is InChI=1S/C16H16F3N5O3/c1-8-13(25)24(15(26)23(8)2)12-4-11(16(17,18)19)10(7-20-12)9-5-21-14(27-3)22-6-9/h4-8,13,25H,1-3H3. The maximum absolute atomic E-state index is 13.6. The lowest BCUT2D eigenvalue weighted by atomic mass is 10.0. The van der Waals surface area contributed by atoms with E-state index in [1.165, 1.54) is 31.5 Å². The van der Waals surface area contributed by atoms with Gasteiger partial charge < -0.3 is 14.7 Å². The smallest absolute Gasteiger partial charge is 0.417 e. The molecule has 0 aromatic carbocycles. The topological polar surface area (TPSA) is 91.7 Å². The maximum Gasteiger partial charge on any atom is 0.417 e. The van der Waals surface area contributed by atoms with Gasteiger partial charge in [-0.15, -0.1) is 0 Å². The minimum absolute atomic E-state index is 0.0136. The summed E-state index contributed by atoms with van der Waals surface area (Å²) in [6.45, 7) is 1.58. The molecule has 2 aromatic heterocycles. The van der Waals surface area contributed by atoms with Gasteiger partial charge in [0.15, 0.2) is 6.23 Å². The first-order valence-corrected chi connectivity index (χ1v) is 7.83. The summed E-state index contributed by atoms with van der Waals surface area (Å²) in [7, 11) is 2.78. The molecule has 1 saturated heterocycles. The number of carbonyl (C=O) groups excluding carboxylic acids is 1. The van der Waals surface area contributed by atoms with Gasteiger partial charge in [-0.25, -0.2) is 24.6 Å². The molecule has 2 unspecified atom stereocenters. The third-order valence-electron chi connectivity index (χ3n) is 4.38. The molecule has 1 aliphatic rings. The van der Waals surface area contributed by atoms with E-state index >= 15 is 0 Å². The van der Waals surface area contributed by atoms with E-state index in [0.717, 1.165) is 17.2 Å². The lowest BCUT2D eigenvalue weighted by Gasteiger charge is -2.21. The summed E-state index contributed by atoms with van der Waals surface area (Å²) in [5.41, 5.74) is -1.19. The van der Waals surface area contributed by atoms with Gasteiger partial charge in [-0.2, -0.15) is 13.2 Å². The van der Waals surface area contributed by atoms with Crippen molar-refractivity contribution in [2.24, 2.45) is 0 Å². The van der Waals surface area contributed by atoms with Crippen molar-refractivity contribution < 1.29 is 27.8 Å². The highest BCUT2D eigenvalue weighted by molar-refractivity contribution is 5.94. The van der Waals surface area contributed by atoms with Crippen LogP contribution < -0.4 is 9.64 Å². The van der Waals surface area contributed by atoms with Crippen LogP contribution in [0.15, 0.2) is 24.7 Å². The van der Waals surface area contributed by atoms with Crippen LogP contribution in [0.3, 0.4) is 0 Å². The van der Waals surface area contributed by atoms with Gasteiger partial charge in [-0.3, -0.25) is 0 Å². The van der Waals surface area contributed by atoms with Crippen LogP contribution in [0.1, 0.15) is 12.5 Å². The lowest BCUT2D eigenvalue weighted by Crippen LogP contribution is -2.36. The highest BCUT2D eigenvalue weighted by Gasteiger charge is 2.43. The van der Waals surface area contributed by atoms with E-state index in [9.17, 15) is 23.1 Å². The van der Waals surface area contributed by atoms with Gasteiger partial charge >= 0.3 is 18.2 Å². The number of urea groups is 1. The lowest BCUT2D eigenvalue weighted by molar-refractivity contribution is -0.137. The molecule has 0 radical (unpaired) electrons. The van der Waals surface area contributed by atoms with Gasteiger partial charge in [0.05, 0.1) is 18.7 Å². The van der Waals surface area contributed by atoms with Crippen molar-refractivity contribution in [2.75, 3.05) is 19.1 Å². The number of amides is 2. The monoisotopic (exact) mass is 383 g/mol. The molecule has 1 fully saturated rings. The molecular formula is C16H16F3N5O3. The molecule has 1 N–H and O–H groups in total. The number of pyridine rings is 1. The molecule has 3 heterocycles. The number of carbonyl (C=O) groups is 1. The van der Waals surface area contributed by atoms with Crippen LogP contribution in [0.4, 0.5) is 23.8 Å². The predicted molar refractivity (Wildman–Crippen MR) is 87.9 cm³/mol. The van der Waals surface area contributed by atoms with Crippen molar-refractivity contribution in [3.8, 4) is 17.1 Å². The minimum Gasteiger partial charge on any atom is -0.467 e. The van der Waals surface area contributed by atoms with Crippen LogP contribution in [0.25, 0.3) is 11.1 Å². The Hall–Kier alpha value is -2.95. The minimum atomic E-state index is -4.72. The summed E-state index contributed by atoms with van der Waals surface area (Å²) in [5.74, 6) is -0.297. The van der Waals surface area contributed by atoms with Crippen molar-refractivity contribution in [3.05, 3.63) is 30.2 Å². The molecule has 0 saturated carbocycles. The number of aliphatic hydroxyl groups is 1. The van der Waals surface area contributed by atoms with Gasteiger partial charge in [0.1, 0.15) is 5.82 Å². The molecule has 0 bridgehead atoms. The quantitative estimate of drug-likeness (QED) is 0.873. The summed E-state index contributed by atoms with van der Waals surface area (Å²) in [5, 5.41) is 10.2. The fourth-order valence-corrected chi connectivity index (χ4v) is 2.71.